The fourth-order valence-corrected chi connectivity index (χ4v) is 3.94. The van der Waals surface area contributed by atoms with E-state index < -0.39 is 12.0 Å². The van der Waals surface area contributed by atoms with Gasteiger partial charge in [-0.15, -0.1) is 11.3 Å². The molecule has 2 heterocycles. The highest BCUT2D eigenvalue weighted by molar-refractivity contribution is 7.18. The van der Waals surface area contributed by atoms with Gasteiger partial charge in [-0.2, -0.15) is 9.78 Å². The van der Waals surface area contributed by atoms with Crippen LogP contribution in [0.25, 0.3) is 21.1 Å². The first-order valence-corrected chi connectivity index (χ1v) is 10.1. The third kappa shape index (κ3) is 3.99. The number of nitrogens with one attached hydrogen (secondary N) is 1. The topological polar surface area (TPSA) is 86.1 Å². The van der Waals surface area contributed by atoms with E-state index in [1.807, 2.05) is 48.5 Å². The summed E-state index contributed by atoms with van der Waals surface area (Å²) in [6.45, 7) is 1.96. The summed E-state index contributed by atoms with van der Waals surface area (Å²) in [6.07, 6.45) is 1.51. The Hall–Kier alpha value is -3.78. The first-order chi connectivity index (χ1) is 14.7. The summed E-state index contributed by atoms with van der Waals surface area (Å²) in [5, 5.41) is 7.60. The van der Waals surface area contributed by atoms with Crippen molar-refractivity contribution in [1.29, 1.82) is 0 Å². The number of aromatic nitrogens is 3. The van der Waals surface area contributed by atoms with Crippen molar-refractivity contribution >= 4 is 29.0 Å². The van der Waals surface area contributed by atoms with Crippen LogP contribution < -0.4 is 5.32 Å². The molecule has 150 valence electrons. The molecule has 0 spiro atoms. The Balaban J connectivity index is 1.75. The van der Waals surface area contributed by atoms with Crippen LogP contribution in [0.1, 0.15) is 17.4 Å². The molecule has 0 aliphatic heterocycles. The smallest absolute Gasteiger partial charge is 0.358 e. The van der Waals surface area contributed by atoms with E-state index in [-0.39, 0.29) is 12.3 Å². The quantitative estimate of drug-likeness (QED) is 0.465. The average molecular weight is 418 g/mol. The predicted molar refractivity (Wildman–Crippen MR) is 116 cm³/mol. The molecule has 1 amide bonds. The first-order valence-electron chi connectivity index (χ1n) is 9.31. The number of hydrogen-bond acceptors (Lipinski definition) is 6. The summed E-state index contributed by atoms with van der Waals surface area (Å²) in [5.41, 5.74) is 2.14. The van der Waals surface area contributed by atoms with E-state index in [0.29, 0.717) is 21.3 Å². The molecule has 0 radical (unpaired) electrons. The van der Waals surface area contributed by atoms with Gasteiger partial charge in [0.15, 0.2) is 5.69 Å². The van der Waals surface area contributed by atoms with E-state index in [2.05, 4.69) is 15.4 Å². The number of hydrogen-bond donors (Lipinski definition) is 1. The molecular formula is C22H18N4O3S. The van der Waals surface area contributed by atoms with Gasteiger partial charge in [-0.3, -0.25) is 0 Å². The number of thiazole rings is 1. The zero-order valence-corrected chi connectivity index (χ0v) is 16.9. The number of esters is 1. The SMILES string of the molecule is CCOC(=O)c1nc(-c2ccccc2)sc1-c1ccnn1C(=O)Nc1ccccc1. The minimum atomic E-state index is -0.540. The van der Waals surface area contributed by atoms with Crippen LogP contribution in [0, 0.1) is 0 Å². The highest BCUT2D eigenvalue weighted by Gasteiger charge is 2.25. The second-order valence-electron chi connectivity index (χ2n) is 6.21. The monoisotopic (exact) mass is 418 g/mol. The van der Waals surface area contributed by atoms with Crippen LogP contribution >= 0.6 is 11.3 Å². The van der Waals surface area contributed by atoms with Crippen molar-refractivity contribution in [3.63, 3.8) is 0 Å². The van der Waals surface area contributed by atoms with Crippen molar-refractivity contribution in [3.8, 4) is 21.1 Å². The average Bonchev–Trinajstić information content (AvgIpc) is 3.42. The maximum Gasteiger partial charge on any atom is 0.358 e. The molecule has 7 nitrogen and oxygen atoms in total. The van der Waals surface area contributed by atoms with E-state index in [9.17, 15) is 9.59 Å². The van der Waals surface area contributed by atoms with Gasteiger partial charge in [-0.1, -0.05) is 48.5 Å². The molecule has 0 fully saturated rings. The molecule has 0 unspecified atom stereocenters. The van der Waals surface area contributed by atoms with Gasteiger partial charge in [0.05, 0.1) is 23.4 Å². The minimum Gasteiger partial charge on any atom is -0.461 e. The molecule has 1 N–H and O–H groups in total. The van der Waals surface area contributed by atoms with Crippen molar-refractivity contribution < 1.29 is 14.3 Å². The molecule has 0 saturated carbocycles. The number of benzene rings is 2. The van der Waals surface area contributed by atoms with Crippen LogP contribution in [0.4, 0.5) is 10.5 Å². The number of anilines is 1. The van der Waals surface area contributed by atoms with E-state index >= 15 is 0 Å². The van der Waals surface area contributed by atoms with Crippen molar-refractivity contribution in [1.82, 2.24) is 14.8 Å². The number of carbonyl (C=O) groups is 2. The molecule has 2 aromatic heterocycles. The summed E-state index contributed by atoms with van der Waals surface area (Å²) in [4.78, 5) is 30.4. The van der Waals surface area contributed by atoms with E-state index in [1.165, 1.54) is 22.2 Å². The predicted octanol–water partition coefficient (Wildman–Crippen LogP) is 4.93. The van der Waals surface area contributed by atoms with Gasteiger partial charge < -0.3 is 10.1 Å². The van der Waals surface area contributed by atoms with Gasteiger partial charge in [0.2, 0.25) is 0 Å². The Morgan fingerprint density at radius 1 is 1.03 bits per heavy atom. The molecule has 4 aromatic rings. The van der Waals surface area contributed by atoms with Crippen LogP contribution in [0.2, 0.25) is 0 Å². The summed E-state index contributed by atoms with van der Waals surface area (Å²) in [6, 6.07) is 19.9. The molecular weight excluding hydrogens is 400 g/mol. The lowest BCUT2D eigenvalue weighted by Crippen LogP contribution is -2.21. The van der Waals surface area contributed by atoms with Gasteiger partial charge in [-0.05, 0) is 25.1 Å². The largest absolute Gasteiger partial charge is 0.461 e. The molecule has 8 heteroatoms. The number of rotatable bonds is 5. The lowest BCUT2D eigenvalue weighted by atomic mass is 10.2. The normalized spacial score (nSPS) is 10.6. The van der Waals surface area contributed by atoms with Crippen molar-refractivity contribution in [2.75, 3.05) is 11.9 Å². The second kappa shape index (κ2) is 8.71. The number of carbonyl (C=O) groups excluding carboxylic acids is 2. The Kier molecular flexibility index (Phi) is 5.67. The van der Waals surface area contributed by atoms with Crippen LogP contribution in [0.5, 0.6) is 0 Å². The molecule has 30 heavy (non-hydrogen) atoms. The maximum atomic E-state index is 12.8. The lowest BCUT2D eigenvalue weighted by Gasteiger charge is -2.08. The summed E-state index contributed by atoms with van der Waals surface area (Å²) in [5.74, 6) is -0.540. The van der Waals surface area contributed by atoms with Crippen LogP contribution in [0.3, 0.4) is 0 Å². The summed E-state index contributed by atoms with van der Waals surface area (Å²) >= 11 is 1.31. The lowest BCUT2D eigenvalue weighted by molar-refractivity contribution is 0.0521. The number of ether oxygens (including phenoxy) is 1. The van der Waals surface area contributed by atoms with Crippen molar-refractivity contribution in [2.45, 2.75) is 6.92 Å². The van der Waals surface area contributed by atoms with Crippen LogP contribution in [0.15, 0.2) is 72.9 Å². The van der Waals surface area contributed by atoms with Gasteiger partial charge in [0, 0.05) is 11.3 Å². The molecule has 0 saturated heterocycles. The van der Waals surface area contributed by atoms with Gasteiger partial charge in [-0.25, -0.2) is 14.6 Å². The molecule has 0 aliphatic carbocycles. The fourth-order valence-electron chi connectivity index (χ4n) is 2.87. The number of amides is 1. The Morgan fingerprint density at radius 3 is 2.43 bits per heavy atom. The summed E-state index contributed by atoms with van der Waals surface area (Å²) in [7, 11) is 0. The highest BCUT2D eigenvalue weighted by Crippen LogP contribution is 2.36. The second-order valence-corrected chi connectivity index (χ2v) is 7.21. The minimum absolute atomic E-state index is 0.162. The zero-order chi connectivity index (χ0) is 20.9. The van der Waals surface area contributed by atoms with Crippen molar-refractivity contribution in [2.24, 2.45) is 0 Å². The van der Waals surface area contributed by atoms with Crippen molar-refractivity contribution in [3.05, 3.63) is 78.6 Å². The Bertz CT molecular complexity index is 1170. The van der Waals surface area contributed by atoms with Crippen LogP contribution in [-0.4, -0.2) is 33.4 Å². The fraction of sp³-hybridized carbons (Fsp3) is 0.0909. The van der Waals surface area contributed by atoms with Crippen LogP contribution in [-0.2, 0) is 4.74 Å². The van der Waals surface area contributed by atoms with E-state index in [1.54, 1.807) is 25.1 Å². The highest BCUT2D eigenvalue weighted by atomic mass is 32.1. The van der Waals surface area contributed by atoms with E-state index in [4.69, 9.17) is 4.74 Å². The number of para-hydroxylation sites is 1. The standard InChI is InChI=1S/C22H18N4O3S/c1-2-29-21(27)18-19(30-20(25-18)15-9-5-3-6-10-15)17-13-14-23-26(17)22(28)24-16-11-7-4-8-12-16/h3-14H,2H2,1H3,(H,24,28). The molecule has 0 aliphatic rings. The third-order valence-corrected chi connectivity index (χ3v) is 5.34. The van der Waals surface area contributed by atoms with E-state index in [0.717, 1.165) is 5.56 Å². The third-order valence-electron chi connectivity index (χ3n) is 4.21. The number of nitrogens with zero attached hydrogens (tertiary/aromatic N) is 3. The molecule has 2 aromatic carbocycles. The van der Waals surface area contributed by atoms with Gasteiger partial charge >= 0.3 is 12.0 Å². The molecule has 0 atom stereocenters. The maximum absolute atomic E-state index is 12.8. The Morgan fingerprint density at radius 2 is 1.73 bits per heavy atom. The zero-order valence-electron chi connectivity index (χ0n) is 16.1. The first kappa shape index (κ1) is 19.5. The summed E-state index contributed by atoms with van der Waals surface area (Å²) < 4.78 is 6.41. The molecule has 4 rings (SSSR count). The van der Waals surface area contributed by atoms with Gasteiger partial charge in [0.25, 0.3) is 0 Å². The van der Waals surface area contributed by atoms with Gasteiger partial charge in [0.1, 0.15) is 5.01 Å². The molecule has 0 bridgehead atoms. The Labute approximate surface area is 177 Å².